The second kappa shape index (κ2) is 5.98. The zero-order chi connectivity index (χ0) is 18.3. The first-order chi connectivity index (χ1) is 12.4. The topological polar surface area (TPSA) is 52.3 Å². The second-order valence-corrected chi connectivity index (χ2v) is 5.84. The van der Waals surface area contributed by atoms with Gasteiger partial charge in [-0.25, -0.2) is 15.0 Å². The molecule has 0 fully saturated rings. The Morgan fingerprint density at radius 2 is 1.85 bits per heavy atom. The highest BCUT2D eigenvalue weighted by molar-refractivity contribution is 5.73. The molecule has 5 nitrogen and oxygen atoms in total. The molecule has 0 aliphatic rings. The van der Waals surface area contributed by atoms with E-state index in [1.807, 2.05) is 0 Å². The lowest BCUT2D eigenvalue weighted by Gasteiger charge is -2.21. The molecule has 4 aromatic rings. The SMILES string of the molecule is Cc1cn2ccc(C(Oc3cnc4ccccc4n3)C(F)(F)F)cc2n1. The highest BCUT2D eigenvalue weighted by atomic mass is 19.4. The van der Waals surface area contributed by atoms with Gasteiger partial charge in [-0.05, 0) is 31.2 Å². The van der Waals surface area contributed by atoms with Crippen molar-refractivity contribution in [1.82, 2.24) is 19.4 Å². The molecule has 0 aliphatic heterocycles. The molecule has 4 rings (SSSR count). The molecule has 0 saturated carbocycles. The molecule has 8 heteroatoms. The number of alkyl halides is 3. The smallest absolute Gasteiger partial charge is 0.429 e. The molecule has 0 saturated heterocycles. The Labute approximate surface area is 146 Å². The van der Waals surface area contributed by atoms with Crippen molar-refractivity contribution < 1.29 is 17.9 Å². The standard InChI is InChI=1S/C18H13F3N4O/c1-11-10-25-7-6-12(8-15(25)23-11)17(18(19,20)21)26-16-9-22-13-4-2-3-5-14(13)24-16/h2-10,17H,1H3. The molecule has 1 atom stereocenters. The molecule has 0 bridgehead atoms. The molecular formula is C18H13F3N4O. The van der Waals surface area contributed by atoms with Crippen LogP contribution in [0.4, 0.5) is 13.2 Å². The van der Waals surface area contributed by atoms with E-state index in [2.05, 4.69) is 15.0 Å². The Balaban J connectivity index is 1.73. The highest BCUT2D eigenvalue weighted by Gasteiger charge is 2.43. The van der Waals surface area contributed by atoms with Crippen molar-refractivity contribution in [3.05, 3.63) is 66.2 Å². The molecule has 1 aromatic carbocycles. The Morgan fingerprint density at radius 3 is 2.62 bits per heavy atom. The minimum Gasteiger partial charge on any atom is -0.459 e. The number of ether oxygens (including phenoxy) is 1. The van der Waals surface area contributed by atoms with Gasteiger partial charge in [0.1, 0.15) is 5.65 Å². The van der Waals surface area contributed by atoms with Crippen molar-refractivity contribution in [3.63, 3.8) is 0 Å². The number of imidazole rings is 1. The number of halogens is 3. The summed E-state index contributed by atoms with van der Waals surface area (Å²) in [6.45, 7) is 1.77. The zero-order valence-electron chi connectivity index (χ0n) is 13.6. The molecule has 3 aromatic heterocycles. The third kappa shape index (κ3) is 3.05. The van der Waals surface area contributed by atoms with Gasteiger partial charge < -0.3 is 9.14 Å². The predicted molar refractivity (Wildman–Crippen MR) is 88.9 cm³/mol. The highest BCUT2D eigenvalue weighted by Crippen LogP contribution is 2.36. The van der Waals surface area contributed by atoms with Crippen molar-refractivity contribution in [3.8, 4) is 5.88 Å². The fourth-order valence-corrected chi connectivity index (χ4v) is 2.73. The zero-order valence-corrected chi connectivity index (χ0v) is 13.6. The van der Waals surface area contributed by atoms with E-state index in [1.165, 1.54) is 24.5 Å². The average molecular weight is 358 g/mol. The van der Waals surface area contributed by atoms with Gasteiger partial charge in [0.2, 0.25) is 12.0 Å². The Morgan fingerprint density at radius 1 is 1.08 bits per heavy atom. The van der Waals surface area contributed by atoms with Gasteiger partial charge in [0.25, 0.3) is 0 Å². The van der Waals surface area contributed by atoms with Crippen LogP contribution in [0.5, 0.6) is 5.88 Å². The van der Waals surface area contributed by atoms with Crippen molar-refractivity contribution in [2.75, 3.05) is 0 Å². The molecule has 0 N–H and O–H groups in total. The summed E-state index contributed by atoms with van der Waals surface area (Å²) in [7, 11) is 0. The summed E-state index contributed by atoms with van der Waals surface area (Å²) < 4.78 is 47.7. The lowest BCUT2D eigenvalue weighted by Crippen LogP contribution is -2.26. The minimum atomic E-state index is -4.62. The Kier molecular flexibility index (Phi) is 3.75. The van der Waals surface area contributed by atoms with Gasteiger partial charge in [-0.15, -0.1) is 0 Å². The number of aryl methyl sites for hydroxylation is 1. The second-order valence-electron chi connectivity index (χ2n) is 5.84. The van der Waals surface area contributed by atoms with Gasteiger partial charge in [-0.2, -0.15) is 13.2 Å². The number of aromatic nitrogens is 4. The third-order valence-electron chi connectivity index (χ3n) is 3.87. The number of rotatable bonds is 3. The monoisotopic (exact) mass is 358 g/mol. The van der Waals surface area contributed by atoms with Crippen LogP contribution in [0.25, 0.3) is 16.7 Å². The Hall–Kier alpha value is -3.16. The van der Waals surface area contributed by atoms with Crippen LogP contribution in [0.15, 0.2) is 55.0 Å². The fraction of sp³-hybridized carbons (Fsp3) is 0.167. The van der Waals surface area contributed by atoms with E-state index >= 15 is 0 Å². The first-order valence-electron chi connectivity index (χ1n) is 7.80. The largest absolute Gasteiger partial charge is 0.459 e. The maximum absolute atomic E-state index is 13.6. The Bertz CT molecular complexity index is 1090. The van der Waals surface area contributed by atoms with Crippen LogP contribution < -0.4 is 4.74 Å². The third-order valence-corrected chi connectivity index (χ3v) is 3.87. The van der Waals surface area contributed by atoms with Gasteiger partial charge in [0, 0.05) is 18.0 Å². The molecule has 132 valence electrons. The number of hydrogen-bond acceptors (Lipinski definition) is 4. The van der Waals surface area contributed by atoms with Gasteiger partial charge in [0.05, 0.1) is 22.9 Å². The first kappa shape index (κ1) is 16.3. The molecular weight excluding hydrogens is 345 g/mol. The molecule has 0 amide bonds. The number of pyridine rings is 1. The van der Waals surface area contributed by atoms with Gasteiger partial charge >= 0.3 is 6.18 Å². The van der Waals surface area contributed by atoms with E-state index in [0.29, 0.717) is 22.4 Å². The molecule has 0 aliphatic carbocycles. The number of fused-ring (bicyclic) bond motifs is 2. The summed E-state index contributed by atoms with van der Waals surface area (Å²) >= 11 is 0. The van der Waals surface area contributed by atoms with Crippen LogP contribution in [-0.2, 0) is 0 Å². The van der Waals surface area contributed by atoms with Crippen molar-refractivity contribution >= 4 is 16.7 Å². The predicted octanol–water partition coefficient (Wildman–Crippen LogP) is 4.27. The summed E-state index contributed by atoms with van der Waals surface area (Å²) in [5.74, 6) is -0.189. The normalized spacial score (nSPS) is 13.2. The maximum atomic E-state index is 13.6. The fourth-order valence-electron chi connectivity index (χ4n) is 2.73. The number of nitrogens with zero attached hydrogens (tertiary/aromatic N) is 4. The van der Waals surface area contributed by atoms with E-state index in [9.17, 15) is 13.2 Å². The van der Waals surface area contributed by atoms with Crippen LogP contribution >= 0.6 is 0 Å². The van der Waals surface area contributed by atoms with Gasteiger partial charge in [0.15, 0.2) is 0 Å². The van der Waals surface area contributed by atoms with E-state index in [1.54, 1.807) is 41.8 Å². The summed E-state index contributed by atoms with van der Waals surface area (Å²) in [6, 6.07) is 9.62. The van der Waals surface area contributed by atoms with E-state index in [0.717, 1.165) is 0 Å². The van der Waals surface area contributed by atoms with Crippen molar-refractivity contribution in [2.45, 2.75) is 19.2 Å². The van der Waals surface area contributed by atoms with E-state index < -0.39 is 12.3 Å². The number of benzene rings is 1. The first-order valence-corrected chi connectivity index (χ1v) is 7.80. The summed E-state index contributed by atoms with van der Waals surface area (Å²) in [5.41, 5.74) is 2.13. The lowest BCUT2D eigenvalue weighted by atomic mass is 10.1. The van der Waals surface area contributed by atoms with Crippen molar-refractivity contribution in [2.24, 2.45) is 0 Å². The minimum absolute atomic E-state index is 0.0504. The van der Waals surface area contributed by atoms with Crippen LogP contribution in [0.2, 0.25) is 0 Å². The summed E-state index contributed by atoms with van der Waals surface area (Å²) in [5, 5.41) is 0. The molecule has 1 unspecified atom stereocenters. The number of para-hydroxylation sites is 2. The molecule has 26 heavy (non-hydrogen) atoms. The van der Waals surface area contributed by atoms with E-state index in [-0.39, 0.29) is 11.4 Å². The van der Waals surface area contributed by atoms with Crippen LogP contribution in [0.1, 0.15) is 17.4 Å². The molecule has 0 spiro atoms. The van der Waals surface area contributed by atoms with Gasteiger partial charge in [-0.1, -0.05) is 12.1 Å². The van der Waals surface area contributed by atoms with E-state index in [4.69, 9.17) is 4.74 Å². The summed E-state index contributed by atoms with van der Waals surface area (Å²) in [6.07, 6.45) is -2.33. The van der Waals surface area contributed by atoms with Crippen LogP contribution in [-0.4, -0.2) is 25.5 Å². The number of hydrogen-bond donors (Lipinski definition) is 0. The van der Waals surface area contributed by atoms with Gasteiger partial charge in [-0.3, -0.25) is 0 Å². The van der Waals surface area contributed by atoms with Crippen molar-refractivity contribution in [1.29, 1.82) is 0 Å². The molecule has 0 radical (unpaired) electrons. The lowest BCUT2D eigenvalue weighted by molar-refractivity contribution is -0.198. The molecule has 3 heterocycles. The average Bonchev–Trinajstić information content (AvgIpc) is 2.97. The van der Waals surface area contributed by atoms with Crippen LogP contribution in [0.3, 0.4) is 0 Å². The van der Waals surface area contributed by atoms with Crippen LogP contribution in [0, 0.1) is 6.92 Å². The summed E-state index contributed by atoms with van der Waals surface area (Å²) in [4.78, 5) is 12.4. The quantitative estimate of drug-likeness (QED) is 0.549. The maximum Gasteiger partial charge on any atom is 0.429 e.